The average Bonchev–Trinajstić information content (AvgIpc) is 3.06. The number of benzene rings is 1. The fraction of sp³-hybridized carbons (Fsp3) is 0.444. The van der Waals surface area contributed by atoms with Crippen LogP contribution in [0.25, 0.3) is 11.3 Å². The van der Waals surface area contributed by atoms with E-state index in [1.165, 1.54) is 0 Å². The predicted molar refractivity (Wildman–Crippen MR) is 101 cm³/mol. The van der Waals surface area contributed by atoms with Crippen molar-refractivity contribution in [3.05, 3.63) is 40.7 Å². The summed E-state index contributed by atoms with van der Waals surface area (Å²) in [6, 6.07) is 10.2. The number of carbonyl (C=O) groups excluding carboxylic acids is 1. The third-order valence-corrected chi connectivity index (χ3v) is 5.43. The van der Waals surface area contributed by atoms with Gasteiger partial charge in [-0.15, -0.1) is 23.7 Å². The molecule has 0 spiro atoms. The Balaban J connectivity index is 0.00000208. The summed E-state index contributed by atoms with van der Waals surface area (Å²) in [4.78, 5) is 17.1. The van der Waals surface area contributed by atoms with Gasteiger partial charge in [0.1, 0.15) is 5.01 Å². The van der Waals surface area contributed by atoms with Gasteiger partial charge < -0.3 is 11.1 Å². The second kappa shape index (κ2) is 8.60. The molecule has 1 aliphatic carbocycles. The zero-order valence-electron chi connectivity index (χ0n) is 13.8. The van der Waals surface area contributed by atoms with E-state index in [1.54, 1.807) is 11.3 Å². The number of amides is 1. The highest BCUT2D eigenvalue weighted by Crippen LogP contribution is 2.27. The SMILES string of the molecule is CC(NC(=O)C1CCCC(N)C1)c1nc(-c2ccccc2)cs1.Cl. The molecule has 0 bridgehead atoms. The fourth-order valence-corrected chi connectivity index (χ4v) is 3.92. The molecule has 1 aliphatic rings. The number of carbonyl (C=O) groups is 1. The summed E-state index contributed by atoms with van der Waals surface area (Å²) in [5, 5.41) is 6.09. The first kappa shape index (κ1) is 18.9. The van der Waals surface area contributed by atoms with E-state index in [0.717, 1.165) is 41.9 Å². The number of halogens is 1. The Morgan fingerprint density at radius 2 is 2.08 bits per heavy atom. The molecule has 3 N–H and O–H groups in total. The van der Waals surface area contributed by atoms with Crippen molar-refractivity contribution in [1.29, 1.82) is 0 Å². The molecule has 1 heterocycles. The molecule has 130 valence electrons. The van der Waals surface area contributed by atoms with Gasteiger partial charge >= 0.3 is 0 Å². The molecule has 1 aromatic carbocycles. The Bertz CT molecular complexity index is 661. The first-order valence-corrected chi connectivity index (χ1v) is 9.08. The van der Waals surface area contributed by atoms with Crippen molar-refractivity contribution < 1.29 is 4.79 Å². The van der Waals surface area contributed by atoms with Gasteiger partial charge in [0.2, 0.25) is 5.91 Å². The minimum atomic E-state index is -0.0666. The topological polar surface area (TPSA) is 68.0 Å². The van der Waals surface area contributed by atoms with Crippen LogP contribution in [0.3, 0.4) is 0 Å². The van der Waals surface area contributed by atoms with Crippen molar-refractivity contribution in [3.8, 4) is 11.3 Å². The lowest BCUT2D eigenvalue weighted by atomic mass is 9.85. The smallest absolute Gasteiger partial charge is 0.223 e. The molecule has 0 saturated heterocycles. The molecule has 1 aromatic heterocycles. The summed E-state index contributed by atoms with van der Waals surface area (Å²) < 4.78 is 0. The maximum absolute atomic E-state index is 12.4. The summed E-state index contributed by atoms with van der Waals surface area (Å²) in [6.07, 6.45) is 3.82. The fourth-order valence-electron chi connectivity index (χ4n) is 3.09. The van der Waals surface area contributed by atoms with Gasteiger partial charge in [0.05, 0.1) is 11.7 Å². The van der Waals surface area contributed by atoms with Crippen molar-refractivity contribution in [3.63, 3.8) is 0 Å². The third kappa shape index (κ3) is 4.56. The van der Waals surface area contributed by atoms with E-state index in [1.807, 2.05) is 42.6 Å². The number of hydrogen-bond donors (Lipinski definition) is 2. The van der Waals surface area contributed by atoms with Crippen molar-refractivity contribution in [1.82, 2.24) is 10.3 Å². The molecule has 0 aliphatic heterocycles. The molecule has 6 heteroatoms. The molecule has 3 rings (SSSR count). The number of nitrogens with one attached hydrogen (secondary N) is 1. The molecule has 4 nitrogen and oxygen atoms in total. The Labute approximate surface area is 153 Å². The van der Waals surface area contributed by atoms with Crippen LogP contribution in [0.4, 0.5) is 0 Å². The van der Waals surface area contributed by atoms with E-state index in [0.29, 0.717) is 0 Å². The van der Waals surface area contributed by atoms with Gasteiger partial charge in [-0.3, -0.25) is 4.79 Å². The number of thiazole rings is 1. The van der Waals surface area contributed by atoms with Crippen LogP contribution in [0.15, 0.2) is 35.7 Å². The zero-order chi connectivity index (χ0) is 16.2. The summed E-state index contributed by atoms with van der Waals surface area (Å²) in [7, 11) is 0. The Morgan fingerprint density at radius 3 is 2.79 bits per heavy atom. The van der Waals surface area contributed by atoms with Crippen LogP contribution in [0.5, 0.6) is 0 Å². The number of nitrogens with two attached hydrogens (primary N) is 1. The molecule has 3 unspecified atom stereocenters. The van der Waals surface area contributed by atoms with Crippen molar-refractivity contribution in [2.75, 3.05) is 0 Å². The number of nitrogens with zero attached hydrogens (tertiary/aromatic N) is 1. The van der Waals surface area contributed by atoms with Crippen LogP contribution in [0, 0.1) is 5.92 Å². The largest absolute Gasteiger partial charge is 0.347 e. The second-order valence-electron chi connectivity index (χ2n) is 6.29. The maximum Gasteiger partial charge on any atom is 0.223 e. The highest BCUT2D eigenvalue weighted by atomic mass is 35.5. The van der Waals surface area contributed by atoms with Crippen LogP contribution in [-0.4, -0.2) is 16.9 Å². The van der Waals surface area contributed by atoms with Gasteiger partial charge in [-0.1, -0.05) is 36.8 Å². The molecule has 24 heavy (non-hydrogen) atoms. The Kier molecular flexibility index (Phi) is 6.78. The monoisotopic (exact) mass is 365 g/mol. The molecule has 2 aromatic rings. The quantitative estimate of drug-likeness (QED) is 0.862. The van der Waals surface area contributed by atoms with Crippen molar-refractivity contribution >= 4 is 29.7 Å². The Morgan fingerprint density at radius 1 is 1.33 bits per heavy atom. The lowest BCUT2D eigenvalue weighted by Gasteiger charge is -2.26. The van der Waals surface area contributed by atoms with Crippen molar-refractivity contribution in [2.24, 2.45) is 11.7 Å². The molecular formula is C18H24ClN3OS. The maximum atomic E-state index is 12.4. The number of aromatic nitrogens is 1. The van der Waals surface area contributed by atoms with Crippen LogP contribution in [-0.2, 0) is 4.79 Å². The molecule has 3 atom stereocenters. The van der Waals surface area contributed by atoms with Gasteiger partial charge in [-0.25, -0.2) is 4.98 Å². The molecule has 1 fully saturated rings. The summed E-state index contributed by atoms with van der Waals surface area (Å²) in [5.41, 5.74) is 8.05. The summed E-state index contributed by atoms with van der Waals surface area (Å²) in [6.45, 7) is 1.99. The standard InChI is InChI=1S/C18H23N3OS.ClH/c1-12(20-17(22)14-8-5-9-15(19)10-14)18-21-16(11-23-18)13-6-3-2-4-7-13;/h2-4,6-7,11-12,14-15H,5,8-10,19H2,1H3,(H,20,22);1H. The minimum absolute atomic E-state index is 0. The second-order valence-corrected chi connectivity index (χ2v) is 7.18. The van der Waals surface area contributed by atoms with Gasteiger partial charge in [-0.05, 0) is 26.2 Å². The van der Waals surface area contributed by atoms with Crippen molar-refractivity contribution in [2.45, 2.75) is 44.7 Å². The summed E-state index contributed by atoms with van der Waals surface area (Å²) in [5.74, 6) is 0.166. The molecule has 1 saturated carbocycles. The average molecular weight is 366 g/mol. The highest BCUT2D eigenvalue weighted by Gasteiger charge is 2.26. The van der Waals surface area contributed by atoms with Gasteiger partial charge in [-0.2, -0.15) is 0 Å². The first-order valence-electron chi connectivity index (χ1n) is 8.20. The van der Waals surface area contributed by atoms with Crippen LogP contribution in [0.2, 0.25) is 0 Å². The Hall–Kier alpha value is -1.43. The predicted octanol–water partition coefficient (Wildman–Crippen LogP) is 3.93. The van der Waals surface area contributed by atoms with Crippen LogP contribution >= 0.6 is 23.7 Å². The number of hydrogen-bond acceptors (Lipinski definition) is 4. The molecular weight excluding hydrogens is 342 g/mol. The van der Waals surface area contributed by atoms with E-state index in [9.17, 15) is 4.79 Å². The van der Waals surface area contributed by atoms with E-state index >= 15 is 0 Å². The molecule has 1 amide bonds. The first-order chi connectivity index (χ1) is 11.1. The van der Waals surface area contributed by atoms with E-state index in [2.05, 4.69) is 10.3 Å². The van der Waals surface area contributed by atoms with Gasteiger partial charge in [0, 0.05) is 22.9 Å². The normalized spacial score (nSPS) is 21.6. The van der Waals surface area contributed by atoms with E-state index < -0.39 is 0 Å². The highest BCUT2D eigenvalue weighted by molar-refractivity contribution is 7.10. The number of rotatable bonds is 4. The summed E-state index contributed by atoms with van der Waals surface area (Å²) >= 11 is 1.59. The van der Waals surface area contributed by atoms with Crippen LogP contribution < -0.4 is 11.1 Å². The zero-order valence-corrected chi connectivity index (χ0v) is 15.4. The van der Waals surface area contributed by atoms with Crippen LogP contribution in [0.1, 0.15) is 43.7 Å². The third-order valence-electron chi connectivity index (χ3n) is 4.41. The van der Waals surface area contributed by atoms with E-state index in [4.69, 9.17) is 5.73 Å². The lowest BCUT2D eigenvalue weighted by molar-refractivity contribution is -0.126. The minimum Gasteiger partial charge on any atom is -0.347 e. The van der Waals surface area contributed by atoms with Gasteiger partial charge in [0.15, 0.2) is 0 Å². The van der Waals surface area contributed by atoms with Gasteiger partial charge in [0.25, 0.3) is 0 Å². The molecule has 0 radical (unpaired) electrons. The van der Waals surface area contributed by atoms with E-state index in [-0.39, 0.29) is 36.3 Å². The lowest BCUT2D eigenvalue weighted by Crippen LogP contribution is -2.38.